The van der Waals surface area contributed by atoms with Crippen LogP contribution in [-0.4, -0.2) is 37.5 Å². The summed E-state index contributed by atoms with van der Waals surface area (Å²) in [6, 6.07) is 5.19. The first kappa shape index (κ1) is 16.0. The van der Waals surface area contributed by atoms with Crippen LogP contribution >= 0.6 is 23.2 Å². The number of fused-ring (bicyclic) bond motifs is 1. The van der Waals surface area contributed by atoms with E-state index in [1.54, 1.807) is 23.0 Å². The fraction of sp³-hybridized carbons (Fsp3) is 0.267. The average molecular weight is 352 g/mol. The summed E-state index contributed by atoms with van der Waals surface area (Å²) in [5.74, 6) is 0.641. The molecule has 0 saturated carbocycles. The molecule has 0 saturated heterocycles. The zero-order chi connectivity index (χ0) is 16.4. The van der Waals surface area contributed by atoms with Gasteiger partial charge in [0.25, 0.3) is 0 Å². The summed E-state index contributed by atoms with van der Waals surface area (Å²) in [6.45, 7) is 2.02. The normalized spacial score (nSPS) is 12.5. The number of anilines is 1. The van der Waals surface area contributed by atoms with E-state index in [0.717, 1.165) is 17.5 Å². The number of aromatic nitrogens is 4. The summed E-state index contributed by atoms with van der Waals surface area (Å²) in [7, 11) is 0. The molecule has 0 bridgehead atoms. The molecular formula is C15H15Cl2N5O. The summed E-state index contributed by atoms with van der Waals surface area (Å²) in [5.41, 5.74) is 1.40. The van der Waals surface area contributed by atoms with Crippen LogP contribution in [-0.2, 0) is 0 Å². The molecule has 0 aliphatic rings. The van der Waals surface area contributed by atoms with Crippen molar-refractivity contribution in [2.24, 2.45) is 0 Å². The molecule has 6 nitrogen and oxygen atoms in total. The van der Waals surface area contributed by atoms with Crippen molar-refractivity contribution in [3.05, 3.63) is 40.8 Å². The maximum atomic E-state index is 9.35. The molecule has 0 radical (unpaired) electrons. The van der Waals surface area contributed by atoms with E-state index in [9.17, 15) is 5.11 Å². The number of aliphatic hydroxyl groups is 1. The zero-order valence-corrected chi connectivity index (χ0v) is 13.9. The van der Waals surface area contributed by atoms with Crippen LogP contribution in [0.3, 0.4) is 0 Å². The third kappa shape index (κ3) is 3.10. The van der Waals surface area contributed by atoms with Crippen molar-refractivity contribution >= 4 is 40.1 Å². The molecule has 3 rings (SSSR count). The van der Waals surface area contributed by atoms with Gasteiger partial charge in [-0.1, -0.05) is 30.1 Å². The highest BCUT2D eigenvalue weighted by atomic mass is 35.5. The Labute approximate surface area is 143 Å². The van der Waals surface area contributed by atoms with Crippen LogP contribution in [0.25, 0.3) is 16.7 Å². The third-order valence-corrected chi connectivity index (χ3v) is 4.31. The van der Waals surface area contributed by atoms with Crippen LogP contribution in [0.4, 0.5) is 5.82 Å². The average Bonchev–Trinajstić information content (AvgIpc) is 3.00. The van der Waals surface area contributed by atoms with Crippen molar-refractivity contribution in [1.29, 1.82) is 0 Å². The lowest BCUT2D eigenvalue weighted by atomic mass is 10.2. The Balaban J connectivity index is 2.05. The summed E-state index contributed by atoms with van der Waals surface area (Å²) >= 11 is 12.0. The molecule has 2 N–H and O–H groups in total. The van der Waals surface area contributed by atoms with E-state index in [1.165, 1.54) is 6.33 Å². The Morgan fingerprint density at radius 2 is 2.09 bits per heavy atom. The first-order valence-electron chi connectivity index (χ1n) is 7.15. The topological polar surface area (TPSA) is 75.9 Å². The SMILES string of the molecule is CC[C@H](CO)Nc1ncnc2c1cnn2-c1ccc(Cl)c(Cl)c1. The van der Waals surface area contributed by atoms with Gasteiger partial charge in [-0.05, 0) is 24.6 Å². The molecule has 0 fully saturated rings. The van der Waals surface area contributed by atoms with E-state index in [-0.39, 0.29) is 12.6 Å². The largest absolute Gasteiger partial charge is 0.394 e. The van der Waals surface area contributed by atoms with Crippen molar-refractivity contribution in [3.63, 3.8) is 0 Å². The predicted molar refractivity (Wildman–Crippen MR) is 91.5 cm³/mol. The highest BCUT2D eigenvalue weighted by Crippen LogP contribution is 2.27. The molecule has 1 aromatic carbocycles. The van der Waals surface area contributed by atoms with Crippen molar-refractivity contribution in [2.75, 3.05) is 11.9 Å². The molecule has 8 heteroatoms. The van der Waals surface area contributed by atoms with Crippen LogP contribution < -0.4 is 5.32 Å². The standard InChI is InChI=1S/C15H15Cl2N5O/c1-2-9(7-23)21-14-11-6-20-22(15(11)19-8-18-14)10-3-4-12(16)13(17)5-10/h3-6,8-9,23H,2,7H2,1H3,(H,18,19,21)/t9-/m1/s1. The van der Waals surface area contributed by atoms with Crippen LogP contribution in [0.2, 0.25) is 10.0 Å². The Morgan fingerprint density at radius 1 is 1.26 bits per heavy atom. The van der Waals surface area contributed by atoms with Crippen molar-refractivity contribution in [1.82, 2.24) is 19.7 Å². The van der Waals surface area contributed by atoms with Crippen molar-refractivity contribution in [2.45, 2.75) is 19.4 Å². The Kier molecular flexibility index (Phi) is 4.66. The molecule has 0 spiro atoms. The Bertz CT molecular complexity index is 832. The van der Waals surface area contributed by atoms with E-state index >= 15 is 0 Å². The molecular weight excluding hydrogens is 337 g/mol. The van der Waals surface area contributed by atoms with Gasteiger partial charge >= 0.3 is 0 Å². The molecule has 1 atom stereocenters. The van der Waals surface area contributed by atoms with E-state index in [0.29, 0.717) is 21.5 Å². The molecule has 23 heavy (non-hydrogen) atoms. The van der Waals surface area contributed by atoms with Crippen LogP contribution in [0.1, 0.15) is 13.3 Å². The van der Waals surface area contributed by atoms with Crippen LogP contribution in [0, 0.1) is 0 Å². The number of halogens is 2. The van der Waals surface area contributed by atoms with E-state index < -0.39 is 0 Å². The number of hydrogen-bond donors (Lipinski definition) is 2. The maximum Gasteiger partial charge on any atom is 0.168 e. The predicted octanol–water partition coefficient (Wildman–Crippen LogP) is 3.31. The summed E-state index contributed by atoms with van der Waals surface area (Å²) in [5, 5.41) is 18.6. The Morgan fingerprint density at radius 3 is 2.78 bits per heavy atom. The zero-order valence-electron chi connectivity index (χ0n) is 12.4. The van der Waals surface area contributed by atoms with E-state index in [4.69, 9.17) is 23.2 Å². The monoisotopic (exact) mass is 351 g/mol. The van der Waals surface area contributed by atoms with Gasteiger partial charge < -0.3 is 10.4 Å². The number of benzene rings is 1. The van der Waals surface area contributed by atoms with E-state index in [1.807, 2.05) is 13.0 Å². The molecule has 3 aromatic rings. The smallest absolute Gasteiger partial charge is 0.168 e. The minimum atomic E-state index is -0.0681. The highest BCUT2D eigenvalue weighted by Gasteiger charge is 2.14. The summed E-state index contributed by atoms with van der Waals surface area (Å²) < 4.78 is 1.67. The first-order valence-corrected chi connectivity index (χ1v) is 7.91. The lowest BCUT2D eigenvalue weighted by Crippen LogP contribution is -2.23. The second-order valence-electron chi connectivity index (χ2n) is 5.05. The molecule has 2 aromatic heterocycles. The van der Waals surface area contributed by atoms with Gasteiger partial charge in [0.2, 0.25) is 0 Å². The minimum absolute atomic E-state index is 0.0307. The van der Waals surface area contributed by atoms with Gasteiger partial charge in [-0.2, -0.15) is 5.10 Å². The highest BCUT2D eigenvalue weighted by molar-refractivity contribution is 6.42. The van der Waals surface area contributed by atoms with Crippen LogP contribution in [0.15, 0.2) is 30.7 Å². The second kappa shape index (κ2) is 6.70. The lowest BCUT2D eigenvalue weighted by Gasteiger charge is -2.14. The fourth-order valence-electron chi connectivity index (χ4n) is 2.24. The van der Waals surface area contributed by atoms with Gasteiger partial charge in [0.15, 0.2) is 5.65 Å². The number of nitrogens with zero attached hydrogens (tertiary/aromatic N) is 4. The van der Waals surface area contributed by atoms with Gasteiger partial charge in [0.1, 0.15) is 12.1 Å². The van der Waals surface area contributed by atoms with Crippen LogP contribution in [0.5, 0.6) is 0 Å². The number of nitrogens with one attached hydrogen (secondary N) is 1. The van der Waals surface area contributed by atoms with Gasteiger partial charge in [-0.15, -0.1) is 0 Å². The summed E-state index contributed by atoms with van der Waals surface area (Å²) in [4.78, 5) is 8.55. The fourth-order valence-corrected chi connectivity index (χ4v) is 2.53. The number of rotatable bonds is 5. The second-order valence-corrected chi connectivity index (χ2v) is 5.86. The molecule has 0 aliphatic carbocycles. The van der Waals surface area contributed by atoms with Crippen molar-refractivity contribution < 1.29 is 5.11 Å². The Hall–Kier alpha value is -1.89. The number of aliphatic hydroxyl groups excluding tert-OH is 1. The van der Waals surface area contributed by atoms with E-state index in [2.05, 4.69) is 20.4 Å². The maximum absolute atomic E-state index is 9.35. The lowest BCUT2D eigenvalue weighted by molar-refractivity contribution is 0.271. The minimum Gasteiger partial charge on any atom is -0.394 e. The molecule has 120 valence electrons. The van der Waals surface area contributed by atoms with Gasteiger partial charge in [-0.3, -0.25) is 0 Å². The third-order valence-electron chi connectivity index (χ3n) is 3.57. The summed E-state index contributed by atoms with van der Waals surface area (Å²) in [6.07, 6.45) is 3.93. The molecule has 0 unspecified atom stereocenters. The van der Waals surface area contributed by atoms with Crippen molar-refractivity contribution in [3.8, 4) is 5.69 Å². The molecule has 2 heterocycles. The van der Waals surface area contributed by atoms with Gasteiger partial charge in [-0.25, -0.2) is 14.6 Å². The quantitative estimate of drug-likeness (QED) is 0.737. The first-order chi connectivity index (χ1) is 11.1. The van der Waals surface area contributed by atoms with Gasteiger partial charge in [0.05, 0.1) is 40.0 Å². The molecule has 0 aliphatic heterocycles. The molecule has 0 amide bonds. The van der Waals surface area contributed by atoms with Gasteiger partial charge in [0, 0.05) is 0 Å². The number of hydrogen-bond acceptors (Lipinski definition) is 5.